The molecule has 0 radical (unpaired) electrons. The van der Waals surface area contributed by atoms with Crippen molar-refractivity contribution >= 4 is 15.7 Å². The van der Waals surface area contributed by atoms with E-state index in [0.717, 1.165) is 5.56 Å². The second kappa shape index (κ2) is 6.28. The van der Waals surface area contributed by atoms with Gasteiger partial charge in [-0.1, -0.05) is 12.1 Å². The third kappa shape index (κ3) is 3.62. The Balaban J connectivity index is 2.32. The van der Waals surface area contributed by atoms with Crippen molar-refractivity contribution in [1.82, 2.24) is 15.1 Å². The van der Waals surface area contributed by atoms with Crippen molar-refractivity contribution in [2.45, 2.75) is 31.8 Å². The number of anilines is 1. The lowest BCUT2D eigenvalue weighted by atomic mass is 10.1. The number of sulfonamides is 1. The molecule has 0 atom stereocenters. The van der Waals surface area contributed by atoms with Crippen LogP contribution in [0.1, 0.15) is 18.1 Å². The molecule has 0 aliphatic rings. The number of aromatic nitrogens is 2. The van der Waals surface area contributed by atoms with Gasteiger partial charge in [-0.2, -0.15) is 5.10 Å². The zero-order valence-electron chi connectivity index (χ0n) is 12.4. The fraction of sp³-hybridized carbons (Fsp3) is 0.357. The largest absolute Gasteiger partial charge is 0.316 e. The maximum Gasteiger partial charge on any atom is 0.262 e. The Morgan fingerprint density at radius 2 is 2.10 bits per heavy atom. The Hall–Kier alpha value is -1.86. The van der Waals surface area contributed by atoms with Gasteiger partial charge in [-0.3, -0.25) is 9.40 Å². The van der Waals surface area contributed by atoms with Crippen LogP contribution in [0.3, 0.4) is 0 Å². The number of nitrogens with zero attached hydrogens (tertiary/aromatic N) is 2. The highest BCUT2D eigenvalue weighted by atomic mass is 32.2. The van der Waals surface area contributed by atoms with Crippen LogP contribution in [-0.4, -0.2) is 25.2 Å². The predicted octanol–water partition coefficient (Wildman–Crippen LogP) is 1.73. The summed E-state index contributed by atoms with van der Waals surface area (Å²) in [6.45, 7) is 5.04. The molecule has 1 aromatic heterocycles. The van der Waals surface area contributed by atoms with Crippen LogP contribution in [0.15, 0.2) is 35.5 Å². The van der Waals surface area contributed by atoms with Crippen LogP contribution in [0.25, 0.3) is 0 Å². The number of rotatable bonds is 6. The lowest BCUT2D eigenvalue weighted by Crippen LogP contribution is -2.15. The van der Waals surface area contributed by atoms with E-state index in [2.05, 4.69) is 15.1 Å². The van der Waals surface area contributed by atoms with Crippen molar-refractivity contribution in [3.05, 3.63) is 41.7 Å². The summed E-state index contributed by atoms with van der Waals surface area (Å²) in [5, 5.41) is 7.08. The van der Waals surface area contributed by atoms with E-state index in [1.54, 1.807) is 23.9 Å². The van der Waals surface area contributed by atoms with E-state index in [0.29, 0.717) is 29.2 Å². The molecular weight excluding hydrogens is 288 g/mol. The summed E-state index contributed by atoms with van der Waals surface area (Å²) in [6.07, 6.45) is 3.18. The highest BCUT2D eigenvalue weighted by molar-refractivity contribution is 7.92. The van der Waals surface area contributed by atoms with Gasteiger partial charge in [0.2, 0.25) is 0 Å². The molecule has 0 amide bonds. The molecule has 7 heteroatoms. The van der Waals surface area contributed by atoms with E-state index in [1.807, 2.05) is 26.1 Å². The maximum absolute atomic E-state index is 12.5. The van der Waals surface area contributed by atoms with E-state index in [-0.39, 0.29) is 0 Å². The minimum absolute atomic E-state index is 0.291. The van der Waals surface area contributed by atoms with Crippen LogP contribution in [0.2, 0.25) is 0 Å². The fourth-order valence-electron chi connectivity index (χ4n) is 2.05. The van der Waals surface area contributed by atoms with Gasteiger partial charge in [-0.15, -0.1) is 0 Å². The molecule has 0 aliphatic heterocycles. The maximum atomic E-state index is 12.5. The van der Waals surface area contributed by atoms with Crippen LogP contribution in [0, 0.1) is 6.92 Å². The van der Waals surface area contributed by atoms with Gasteiger partial charge in [-0.25, -0.2) is 8.42 Å². The van der Waals surface area contributed by atoms with Crippen molar-refractivity contribution in [3.8, 4) is 0 Å². The topological polar surface area (TPSA) is 76.0 Å². The van der Waals surface area contributed by atoms with E-state index in [9.17, 15) is 8.42 Å². The second-order valence-corrected chi connectivity index (χ2v) is 6.47. The van der Waals surface area contributed by atoms with Gasteiger partial charge in [0.1, 0.15) is 0 Å². The van der Waals surface area contributed by atoms with E-state index < -0.39 is 10.0 Å². The van der Waals surface area contributed by atoms with Crippen LogP contribution >= 0.6 is 0 Å². The Morgan fingerprint density at radius 1 is 1.33 bits per heavy atom. The minimum atomic E-state index is -3.61. The normalized spacial score (nSPS) is 11.6. The summed E-state index contributed by atoms with van der Waals surface area (Å²) >= 11 is 0. The number of nitrogens with one attached hydrogen (secondary N) is 2. The number of aryl methyl sites for hydroxylation is 2. The molecule has 0 unspecified atom stereocenters. The van der Waals surface area contributed by atoms with Crippen LogP contribution in [0.4, 0.5) is 5.69 Å². The summed E-state index contributed by atoms with van der Waals surface area (Å²) in [5.41, 5.74) is 2.10. The minimum Gasteiger partial charge on any atom is -0.316 e. The molecule has 1 heterocycles. The first kappa shape index (κ1) is 15.5. The van der Waals surface area contributed by atoms with Crippen LogP contribution in [-0.2, 0) is 23.1 Å². The first-order valence-corrected chi connectivity index (χ1v) is 8.24. The Morgan fingerprint density at radius 3 is 2.71 bits per heavy atom. The summed E-state index contributed by atoms with van der Waals surface area (Å²) in [4.78, 5) is 0.291. The molecule has 1 aromatic carbocycles. The van der Waals surface area contributed by atoms with Gasteiger partial charge >= 0.3 is 0 Å². The van der Waals surface area contributed by atoms with Crippen LogP contribution in [0.5, 0.6) is 0 Å². The first-order chi connectivity index (χ1) is 9.96. The molecule has 21 heavy (non-hydrogen) atoms. The zero-order valence-corrected chi connectivity index (χ0v) is 13.2. The molecule has 6 nitrogen and oxygen atoms in total. The Kier molecular flexibility index (Phi) is 4.64. The van der Waals surface area contributed by atoms with Gasteiger partial charge in [0.05, 0.1) is 16.8 Å². The third-order valence-electron chi connectivity index (χ3n) is 3.13. The summed E-state index contributed by atoms with van der Waals surface area (Å²) < 4.78 is 29.3. The molecule has 2 aromatic rings. The van der Waals surface area contributed by atoms with E-state index in [1.165, 1.54) is 6.20 Å². The molecule has 0 spiro atoms. The molecule has 0 saturated heterocycles. The first-order valence-electron chi connectivity index (χ1n) is 6.75. The fourth-order valence-corrected chi connectivity index (χ4v) is 3.37. The molecular formula is C14H20N4O2S. The average Bonchev–Trinajstić information content (AvgIpc) is 2.88. The molecule has 2 N–H and O–H groups in total. The Labute approximate surface area is 125 Å². The lowest BCUT2D eigenvalue weighted by molar-refractivity contribution is 0.600. The van der Waals surface area contributed by atoms with Gasteiger partial charge in [0, 0.05) is 19.3 Å². The smallest absolute Gasteiger partial charge is 0.262 e. The highest BCUT2D eigenvalue weighted by Crippen LogP contribution is 2.20. The molecule has 0 aliphatic carbocycles. The van der Waals surface area contributed by atoms with Crippen molar-refractivity contribution in [2.24, 2.45) is 0 Å². The average molecular weight is 308 g/mol. The molecule has 2 rings (SSSR count). The van der Waals surface area contributed by atoms with Gasteiger partial charge < -0.3 is 5.32 Å². The van der Waals surface area contributed by atoms with Gasteiger partial charge in [0.15, 0.2) is 0 Å². The lowest BCUT2D eigenvalue weighted by Gasteiger charge is -2.11. The monoisotopic (exact) mass is 308 g/mol. The number of benzene rings is 1. The van der Waals surface area contributed by atoms with Crippen molar-refractivity contribution in [3.63, 3.8) is 0 Å². The van der Waals surface area contributed by atoms with Gasteiger partial charge in [-0.05, 0) is 38.1 Å². The van der Waals surface area contributed by atoms with Crippen molar-refractivity contribution in [1.29, 1.82) is 0 Å². The molecule has 114 valence electrons. The SMILES string of the molecule is CCn1cc(NS(=O)(=O)c2cc(CNC)ccc2C)cn1. The van der Waals surface area contributed by atoms with Crippen molar-refractivity contribution in [2.75, 3.05) is 11.8 Å². The van der Waals surface area contributed by atoms with E-state index in [4.69, 9.17) is 0 Å². The molecule has 0 fully saturated rings. The van der Waals surface area contributed by atoms with E-state index >= 15 is 0 Å². The van der Waals surface area contributed by atoms with Crippen LogP contribution < -0.4 is 10.0 Å². The predicted molar refractivity (Wildman–Crippen MR) is 82.7 cm³/mol. The molecule has 0 saturated carbocycles. The van der Waals surface area contributed by atoms with Crippen molar-refractivity contribution < 1.29 is 8.42 Å². The Bertz CT molecular complexity index is 722. The second-order valence-electron chi connectivity index (χ2n) is 4.82. The number of hydrogen-bond acceptors (Lipinski definition) is 4. The third-order valence-corrected chi connectivity index (χ3v) is 4.66. The standard InChI is InChI=1S/C14H20N4O2S/c1-4-18-10-13(9-16-18)17-21(19,20)14-7-12(8-15-3)6-5-11(14)2/h5-7,9-10,15,17H,4,8H2,1-3H3. The quantitative estimate of drug-likeness (QED) is 0.852. The summed E-state index contributed by atoms with van der Waals surface area (Å²) in [6, 6.07) is 5.43. The molecule has 0 bridgehead atoms. The van der Waals surface area contributed by atoms with Gasteiger partial charge in [0.25, 0.3) is 10.0 Å². The summed E-state index contributed by atoms with van der Waals surface area (Å²) in [5.74, 6) is 0. The highest BCUT2D eigenvalue weighted by Gasteiger charge is 2.18. The summed E-state index contributed by atoms with van der Waals surface area (Å²) in [7, 11) is -1.79. The number of hydrogen-bond donors (Lipinski definition) is 2. The zero-order chi connectivity index (χ0) is 15.5.